The van der Waals surface area contributed by atoms with Gasteiger partial charge in [-0.3, -0.25) is 9.98 Å². The van der Waals surface area contributed by atoms with Crippen LogP contribution >= 0.6 is 0 Å². The van der Waals surface area contributed by atoms with Crippen molar-refractivity contribution < 1.29 is 13.2 Å². The second-order valence-electron chi connectivity index (χ2n) is 5.01. The third-order valence-electron chi connectivity index (χ3n) is 2.79. The molecule has 0 saturated carbocycles. The van der Waals surface area contributed by atoms with Gasteiger partial charge < -0.3 is 5.32 Å². The minimum atomic E-state index is -4.37. The number of aromatic nitrogens is 1. The van der Waals surface area contributed by atoms with Crippen molar-refractivity contribution in [2.45, 2.75) is 26.1 Å². The number of halogens is 3. The molecule has 6 heteroatoms. The number of hydrogen-bond acceptors (Lipinski definition) is 2. The first-order valence-corrected chi connectivity index (χ1v) is 6.79. The first-order valence-electron chi connectivity index (χ1n) is 6.79. The van der Waals surface area contributed by atoms with Gasteiger partial charge in [-0.15, -0.1) is 0 Å². The number of aliphatic imine (C=N–C) groups is 1. The SMILES string of the molecule is CC(C)N=C(Nc1cccc(C(F)(F)F)c1)c1ccncc1. The zero-order valence-corrected chi connectivity index (χ0v) is 12.2. The summed E-state index contributed by atoms with van der Waals surface area (Å²) in [6.07, 6.45) is -1.15. The second-order valence-corrected chi connectivity index (χ2v) is 5.01. The Morgan fingerprint density at radius 1 is 1.14 bits per heavy atom. The average Bonchev–Trinajstić information content (AvgIpc) is 2.46. The Labute approximate surface area is 126 Å². The van der Waals surface area contributed by atoms with E-state index in [-0.39, 0.29) is 6.04 Å². The highest BCUT2D eigenvalue weighted by Gasteiger charge is 2.30. The Bertz CT molecular complexity index is 649. The van der Waals surface area contributed by atoms with Crippen LogP contribution in [0.5, 0.6) is 0 Å². The molecule has 0 spiro atoms. The lowest BCUT2D eigenvalue weighted by Gasteiger charge is -2.13. The van der Waals surface area contributed by atoms with Gasteiger partial charge in [0.15, 0.2) is 0 Å². The Balaban J connectivity index is 2.33. The summed E-state index contributed by atoms with van der Waals surface area (Å²) in [6.45, 7) is 3.80. The summed E-state index contributed by atoms with van der Waals surface area (Å²) in [5, 5.41) is 2.96. The second kappa shape index (κ2) is 6.60. The standard InChI is InChI=1S/C16H16F3N3/c1-11(2)21-15(12-6-8-20-9-7-12)22-14-5-3-4-13(10-14)16(17,18)19/h3-11H,1-2H3,(H,21,22). The molecule has 0 unspecified atom stereocenters. The van der Waals surface area contributed by atoms with E-state index >= 15 is 0 Å². The van der Waals surface area contributed by atoms with E-state index in [1.807, 2.05) is 13.8 Å². The molecule has 1 N–H and O–H groups in total. The minimum absolute atomic E-state index is 0.00136. The van der Waals surface area contributed by atoms with Crippen molar-refractivity contribution in [2.75, 3.05) is 5.32 Å². The van der Waals surface area contributed by atoms with Crippen LogP contribution in [0.3, 0.4) is 0 Å². The normalized spacial score (nSPS) is 12.5. The van der Waals surface area contributed by atoms with E-state index in [2.05, 4.69) is 15.3 Å². The highest BCUT2D eigenvalue weighted by atomic mass is 19.4. The molecule has 2 rings (SSSR count). The maximum absolute atomic E-state index is 12.8. The molecule has 0 radical (unpaired) electrons. The number of nitrogens with one attached hydrogen (secondary N) is 1. The number of amidine groups is 1. The number of anilines is 1. The number of alkyl halides is 3. The van der Waals surface area contributed by atoms with Crippen molar-refractivity contribution in [2.24, 2.45) is 4.99 Å². The molecule has 22 heavy (non-hydrogen) atoms. The van der Waals surface area contributed by atoms with Crippen molar-refractivity contribution in [3.8, 4) is 0 Å². The largest absolute Gasteiger partial charge is 0.416 e. The summed E-state index contributed by atoms with van der Waals surface area (Å²) >= 11 is 0. The van der Waals surface area contributed by atoms with Gasteiger partial charge in [-0.1, -0.05) is 6.07 Å². The summed E-state index contributed by atoms with van der Waals surface area (Å²) in [5.41, 5.74) is 0.406. The maximum atomic E-state index is 12.8. The number of pyridine rings is 1. The highest BCUT2D eigenvalue weighted by Crippen LogP contribution is 2.30. The highest BCUT2D eigenvalue weighted by molar-refractivity contribution is 6.08. The van der Waals surface area contributed by atoms with Crippen LogP contribution in [0.15, 0.2) is 53.8 Å². The summed E-state index contributed by atoms with van der Waals surface area (Å²) in [5.74, 6) is 0.511. The minimum Gasteiger partial charge on any atom is -0.340 e. The summed E-state index contributed by atoms with van der Waals surface area (Å²) in [6, 6.07) is 8.55. The molecule has 0 fully saturated rings. The van der Waals surface area contributed by atoms with E-state index < -0.39 is 11.7 Å². The van der Waals surface area contributed by atoms with Crippen LogP contribution in [0.2, 0.25) is 0 Å². The Kier molecular flexibility index (Phi) is 4.80. The predicted octanol–water partition coefficient (Wildman–Crippen LogP) is 4.37. The van der Waals surface area contributed by atoms with Gasteiger partial charge in [0.25, 0.3) is 0 Å². The third-order valence-corrected chi connectivity index (χ3v) is 2.79. The Morgan fingerprint density at radius 3 is 2.41 bits per heavy atom. The van der Waals surface area contributed by atoms with E-state index in [4.69, 9.17) is 0 Å². The predicted molar refractivity (Wildman–Crippen MR) is 81.0 cm³/mol. The first-order chi connectivity index (χ1) is 10.4. The number of nitrogens with zero attached hydrogens (tertiary/aromatic N) is 2. The van der Waals surface area contributed by atoms with Gasteiger partial charge in [-0.2, -0.15) is 13.2 Å². The van der Waals surface area contributed by atoms with E-state index in [9.17, 15) is 13.2 Å². The number of benzene rings is 1. The smallest absolute Gasteiger partial charge is 0.340 e. The van der Waals surface area contributed by atoms with Gasteiger partial charge in [0.2, 0.25) is 0 Å². The molecule has 1 aromatic carbocycles. The molecular weight excluding hydrogens is 291 g/mol. The monoisotopic (exact) mass is 307 g/mol. The Morgan fingerprint density at radius 2 is 1.82 bits per heavy atom. The lowest BCUT2D eigenvalue weighted by molar-refractivity contribution is -0.137. The fourth-order valence-electron chi connectivity index (χ4n) is 1.86. The zero-order chi connectivity index (χ0) is 16.2. The van der Waals surface area contributed by atoms with Gasteiger partial charge in [0.1, 0.15) is 5.84 Å². The number of rotatable bonds is 3. The maximum Gasteiger partial charge on any atom is 0.416 e. The quantitative estimate of drug-likeness (QED) is 0.675. The van der Waals surface area contributed by atoms with Crippen LogP contribution in [0, 0.1) is 0 Å². The lowest BCUT2D eigenvalue weighted by Crippen LogP contribution is -2.16. The van der Waals surface area contributed by atoms with Gasteiger partial charge >= 0.3 is 6.18 Å². The molecule has 0 aliphatic carbocycles. The molecule has 0 saturated heterocycles. The van der Waals surface area contributed by atoms with E-state index in [0.29, 0.717) is 11.5 Å². The molecule has 0 aliphatic heterocycles. The molecule has 3 nitrogen and oxygen atoms in total. The molecule has 2 aromatic rings. The van der Waals surface area contributed by atoms with Crippen LogP contribution in [0.4, 0.5) is 18.9 Å². The van der Waals surface area contributed by atoms with Crippen LogP contribution in [-0.2, 0) is 6.18 Å². The summed E-state index contributed by atoms with van der Waals surface area (Å²) in [7, 11) is 0. The molecule has 0 amide bonds. The van der Waals surface area contributed by atoms with Crippen LogP contribution in [0.1, 0.15) is 25.0 Å². The van der Waals surface area contributed by atoms with E-state index in [1.54, 1.807) is 30.6 Å². The van der Waals surface area contributed by atoms with Gasteiger partial charge in [0.05, 0.1) is 5.56 Å². The molecule has 1 heterocycles. The van der Waals surface area contributed by atoms with Crippen molar-refractivity contribution in [3.05, 3.63) is 59.9 Å². The van der Waals surface area contributed by atoms with E-state index in [0.717, 1.165) is 17.7 Å². The fourth-order valence-corrected chi connectivity index (χ4v) is 1.86. The van der Waals surface area contributed by atoms with Crippen LogP contribution < -0.4 is 5.32 Å². The summed E-state index contributed by atoms with van der Waals surface area (Å²) in [4.78, 5) is 8.36. The number of hydrogen-bond donors (Lipinski definition) is 1. The Hall–Kier alpha value is -2.37. The fraction of sp³-hybridized carbons (Fsp3) is 0.250. The molecule has 1 aromatic heterocycles. The molecule has 0 aliphatic rings. The molecule has 116 valence electrons. The van der Waals surface area contributed by atoms with Gasteiger partial charge in [-0.05, 0) is 44.2 Å². The van der Waals surface area contributed by atoms with Crippen LogP contribution in [0.25, 0.3) is 0 Å². The molecule has 0 bridgehead atoms. The average molecular weight is 307 g/mol. The first kappa shape index (κ1) is 16.0. The summed E-state index contributed by atoms with van der Waals surface area (Å²) < 4.78 is 38.3. The zero-order valence-electron chi connectivity index (χ0n) is 12.2. The van der Waals surface area contributed by atoms with Crippen molar-refractivity contribution in [3.63, 3.8) is 0 Å². The van der Waals surface area contributed by atoms with E-state index in [1.165, 1.54) is 6.07 Å². The molecule has 0 atom stereocenters. The lowest BCUT2D eigenvalue weighted by atomic mass is 10.1. The van der Waals surface area contributed by atoms with Crippen LogP contribution in [-0.4, -0.2) is 16.9 Å². The van der Waals surface area contributed by atoms with Crippen molar-refractivity contribution >= 4 is 11.5 Å². The third kappa shape index (κ3) is 4.31. The van der Waals surface area contributed by atoms with Crippen molar-refractivity contribution in [1.82, 2.24) is 4.98 Å². The topological polar surface area (TPSA) is 37.3 Å². The van der Waals surface area contributed by atoms with Gasteiger partial charge in [-0.25, -0.2) is 0 Å². The van der Waals surface area contributed by atoms with Gasteiger partial charge in [0, 0.05) is 29.7 Å². The molecular formula is C16H16F3N3. The van der Waals surface area contributed by atoms with Crippen molar-refractivity contribution in [1.29, 1.82) is 0 Å².